The van der Waals surface area contributed by atoms with Gasteiger partial charge in [0.1, 0.15) is 11.7 Å². The van der Waals surface area contributed by atoms with E-state index in [0.29, 0.717) is 18.1 Å². The fraction of sp³-hybridized carbons (Fsp3) is 0.429. The van der Waals surface area contributed by atoms with Gasteiger partial charge < -0.3 is 14.9 Å². The quantitative estimate of drug-likeness (QED) is 0.625. The zero-order valence-corrected chi connectivity index (χ0v) is 13.4. The number of rotatable bonds is 7. The number of fused-ring (bicyclic) bond motifs is 1. The maximum Gasteiger partial charge on any atom is 0.322 e. The average molecular weight is 328 g/mol. The molecule has 0 bridgehead atoms. The molecule has 0 aliphatic rings. The molecule has 0 aliphatic carbocycles. The number of hydrogen-bond donors (Lipinski definition) is 1. The molecule has 0 saturated carbocycles. The summed E-state index contributed by atoms with van der Waals surface area (Å²) in [5.41, 5.74) is 7.59. The van der Waals surface area contributed by atoms with Gasteiger partial charge in [0.05, 0.1) is 17.3 Å². The minimum absolute atomic E-state index is 0.333. The summed E-state index contributed by atoms with van der Waals surface area (Å²) in [4.78, 5) is 15.9. The van der Waals surface area contributed by atoms with Crippen molar-refractivity contribution in [3.63, 3.8) is 0 Å². The SMILES string of the molecule is CCOC(=O)C(N)CCSCc1cn2cc(Cl)ccc2n1. The summed E-state index contributed by atoms with van der Waals surface area (Å²) in [7, 11) is 0. The number of esters is 1. The molecule has 0 amide bonds. The van der Waals surface area contributed by atoms with Gasteiger partial charge in [-0.2, -0.15) is 11.8 Å². The van der Waals surface area contributed by atoms with E-state index in [2.05, 4.69) is 4.98 Å². The van der Waals surface area contributed by atoms with Crippen LogP contribution in [0.4, 0.5) is 0 Å². The Balaban J connectivity index is 1.78. The molecule has 5 nitrogen and oxygen atoms in total. The lowest BCUT2D eigenvalue weighted by Crippen LogP contribution is -2.32. The summed E-state index contributed by atoms with van der Waals surface area (Å²) in [6, 6.07) is 3.16. The highest BCUT2D eigenvalue weighted by atomic mass is 35.5. The molecule has 2 aromatic rings. The second-order valence-corrected chi connectivity index (χ2v) is 6.09. The highest BCUT2D eigenvalue weighted by Gasteiger charge is 2.13. The van der Waals surface area contributed by atoms with E-state index >= 15 is 0 Å². The molecule has 0 saturated heterocycles. The number of ether oxygens (including phenoxy) is 1. The van der Waals surface area contributed by atoms with Crippen LogP contribution in [0.15, 0.2) is 24.5 Å². The molecule has 1 unspecified atom stereocenters. The van der Waals surface area contributed by atoms with Crippen molar-refractivity contribution in [1.82, 2.24) is 9.38 Å². The topological polar surface area (TPSA) is 69.6 Å². The van der Waals surface area contributed by atoms with Gasteiger partial charge in [0.15, 0.2) is 0 Å². The second kappa shape index (κ2) is 7.68. The number of pyridine rings is 1. The summed E-state index contributed by atoms with van der Waals surface area (Å²) in [5.74, 6) is 1.23. The van der Waals surface area contributed by atoms with Gasteiger partial charge in [-0.1, -0.05) is 11.6 Å². The number of hydrogen-bond acceptors (Lipinski definition) is 5. The number of imidazole rings is 1. The van der Waals surface area contributed by atoms with Crippen molar-refractivity contribution in [3.05, 3.63) is 35.2 Å². The molecule has 0 fully saturated rings. The van der Waals surface area contributed by atoms with Crippen LogP contribution in [0.25, 0.3) is 5.65 Å². The van der Waals surface area contributed by atoms with Crippen LogP contribution < -0.4 is 5.73 Å². The molecule has 0 spiro atoms. The fourth-order valence-electron chi connectivity index (χ4n) is 1.84. The molecular formula is C14H18ClN3O2S. The van der Waals surface area contributed by atoms with Crippen molar-refractivity contribution < 1.29 is 9.53 Å². The predicted octanol–water partition coefficient (Wildman–Crippen LogP) is 2.50. The Bertz CT molecular complexity index is 617. The Labute approximate surface area is 132 Å². The Morgan fingerprint density at radius 1 is 1.52 bits per heavy atom. The first kappa shape index (κ1) is 16.1. The molecule has 114 valence electrons. The van der Waals surface area contributed by atoms with E-state index in [0.717, 1.165) is 22.8 Å². The number of carbonyl (C=O) groups is 1. The van der Waals surface area contributed by atoms with E-state index < -0.39 is 6.04 Å². The van der Waals surface area contributed by atoms with E-state index in [9.17, 15) is 4.79 Å². The van der Waals surface area contributed by atoms with Gasteiger partial charge in [-0.05, 0) is 31.2 Å². The van der Waals surface area contributed by atoms with Gasteiger partial charge in [-0.15, -0.1) is 0 Å². The van der Waals surface area contributed by atoms with Crippen LogP contribution in [0.3, 0.4) is 0 Å². The van der Waals surface area contributed by atoms with Gasteiger partial charge in [-0.3, -0.25) is 4.79 Å². The summed E-state index contributed by atoms with van der Waals surface area (Å²) >= 11 is 7.63. The third-order valence-electron chi connectivity index (χ3n) is 2.88. The molecule has 2 aromatic heterocycles. The third-order valence-corrected chi connectivity index (χ3v) is 4.13. The van der Waals surface area contributed by atoms with Crippen LogP contribution in [0.2, 0.25) is 5.02 Å². The highest BCUT2D eigenvalue weighted by molar-refractivity contribution is 7.98. The first-order chi connectivity index (χ1) is 10.1. The van der Waals surface area contributed by atoms with E-state index in [1.807, 2.05) is 28.9 Å². The van der Waals surface area contributed by atoms with E-state index in [1.165, 1.54) is 0 Å². The first-order valence-corrected chi connectivity index (χ1v) is 8.26. The van der Waals surface area contributed by atoms with Crippen LogP contribution >= 0.6 is 23.4 Å². The summed E-state index contributed by atoms with van der Waals surface area (Å²) in [6.07, 6.45) is 4.39. The molecule has 2 heterocycles. The largest absolute Gasteiger partial charge is 0.465 e. The Hall–Kier alpha value is -1.24. The zero-order chi connectivity index (χ0) is 15.2. The number of thioether (sulfide) groups is 1. The summed E-state index contributed by atoms with van der Waals surface area (Å²) in [5, 5.41) is 0.680. The molecule has 1 atom stereocenters. The van der Waals surface area contributed by atoms with Crippen LogP contribution in [0.5, 0.6) is 0 Å². The summed E-state index contributed by atoms with van der Waals surface area (Å²) in [6.45, 7) is 2.14. The van der Waals surface area contributed by atoms with Crippen molar-refractivity contribution in [2.24, 2.45) is 5.73 Å². The van der Waals surface area contributed by atoms with Gasteiger partial charge in [0.25, 0.3) is 0 Å². The molecule has 0 aliphatic heterocycles. The lowest BCUT2D eigenvalue weighted by Gasteiger charge is -2.09. The fourth-order valence-corrected chi connectivity index (χ4v) is 2.92. The van der Waals surface area contributed by atoms with E-state index in [1.54, 1.807) is 18.7 Å². The Morgan fingerprint density at radius 2 is 2.33 bits per heavy atom. The van der Waals surface area contributed by atoms with Gasteiger partial charge in [-0.25, -0.2) is 4.98 Å². The van der Waals surface area contributed by atoms with Crippen LogP contribution in [0.1, 0.15) is 19.0 Å². The molecule has 0 radical (unpaired) electrons. The van der Waals surface area contributed by atoms with E-state index in [4.69, 9.17) is 22.1 Å². The molecule has 2 N–H and O–H groups in total. The lowest BCUT2D eigenvalue weighted by atomic mass is 10.2. The average Bonchev–Trinajstić information content (AvgIpc) is 2.85. The minimum atomic E-state index is -0.544. The first-order valence-electron chi connectivity index (χ1n) is 6.73. The van der Waals surface area contributed by atoms with Crippen LogP contribution in [-0.2, 0) is 15.3 Å². The molecular weight excluding hydrogens is 310 g/mol. The number of aromatic nitrogens is 2. The minimum Gasteiger partial charge on any atom is -0.465 e. The van der Waals surface area contributed by atoms with Gasteiger partial charge in [0.2, 0.25) is 0 Å². The highest BCUT2D eigenvalue weighted by Crippen LogP contribution is 2.16. The standard InChI is InChI=1S/C14H18ClN3O2S/c1-2-20-14(19)12(16)5-6-21-9-11-8-18-7-10(15)3-4-13(18)17-11/h3-4,7-8,12H,2,5-6,9,16H2,1H3. The van der Waals surface area contributed by atoms with Crippen molar-refractivity contribution in [3.8, 4) is 0 Å². The predicted molar refractivity (Wildman–Crippen MR) is 85.6 cm³/mol. The van der Waals surface area contributed by atoms with Gasteiger partial charge >= 0.3 is 5.97 Å². The van der Waals surface area contributed by atoms with Gasteiger partial charge in [0, 0.05) is 18.1 Å². The molecule has 0 aromatic carbocycles. The Kier molecular flexibility index (Phi) is 5.90. The molecule has 7 heteroatoms. The van der Waals surface area contributed by atoms with E-state index in [-0.39, 0.29) is 5.97 Å². The normalized spacial score (nSPS) is 12.5. The zero-order valence-electron chi connectivity index (χ0n) is 11.8. The monoisotopic (exact) mass is 327 g/mol. The summed E-state index contributed by atoms with van der Waals surface area (Å²) < 4.78 is 6.77. The second-order valence-electron chi connectivity index (χ2n) is 4.54. The maximum absolute atomic E-state index is 11.4. The number of nitrogens with zero attached hydrogens (tertiary/aromatic N) is 2. The Morgan fingerprint density at radius 3 is 3.10 bits per heavy atom. The van der Waals surface area contributed by atoms with Crippen molar-refractivity contribution >= 4 is 35.0 Å². The van der Waals surface area contributed by atoms with Crippen LogP contribution in [0, 0.1) is 0 Å². The third kappa shape index (κ3) is 4.62. The van der Waals surface area contributed by atoms with Crippen molar-refractivity contribution in [1.29, 1.82) is 0 Å². The van der Waals surface area contributed by atoms with Crippen LogP contribution in [-0.4, -0.2) is 33.8 Å². The molecule has 2 rings (SSSR count). The van der Waals surface area contributed by atoms with Crippen molar-refractivity contribution in [2.45, 2.75) is 25.1 Å². The lowest BCUT2D eigenvalue weighted by molar-refractivity contribution is -0.144. The number of nitrogens with two attached hydrogens (primary N) is 1. The number of halogens is 1. The number of carbonyl (C=O) groups excluding carboxylic acids is 1. The smallest absolute Gasteiger partial charge is 0.322 e. The molecule has 21 heavy (non-hydrogen) atoms. The maximum atomic E-state index is 11.4. The van der Waals surface area contributed by atoms with Crippen molar-refractivity contribution in [2.75, 3.05) is 12.4 Å².